The molecule has 0 saturated carbocycles. The Labute approximate surface area is 190 Å². The number of carbonyl (C=O) groups excluding carboxylic acids is 2. The van der Waals surface area contributed by atoms with E-state index in [1.165, 1.54) is 12.3 Å². The van der Waals surface area contributed by atoms with Crippen molar-refractivity contribution in [2.45, 2.75) is 13.3 Å². The van der Waals surface area contributed by atoms with Crippen LogP contribution in [0.3, 0.4) is 0 Å². The molecule has 0 radical (unpaired) electrons. The van der Waals surface area contributed by atoms with E-state index in [0.29, 0.717) is 33.7 Å². The van der Waals surface area contributed by atoms with Crippen molar-refractivity contribution in [2.75, 3.05) is 17.2 Å². The van der Waals surface area contributed by atoms with Crippen molar-refractivity contribution in [1.82, 2.24) is 0 Å². The number of nitrogens with one attached hydrogen (secondary N) is 2. The lowest BCUT2D eigenvalue weighted by atomic mass is 10.1. The lowest BCUT2D eigenvalue weighted by Crippen LogP contribution is -2.20. The molecule has 4 aromatic rings. The Morgan fingerprint density at radius 3 is 2.42 bits per heavy atom. The fourth-order valence-electron chi connectivity index (χ4n) is 3.27. The molecule has 3 aromatic carbocycles. The van der Waals surface area contributed by atoms with E-state index < -0.39 is 0 Å². The Morgan fingerprint density at radius 2 is 1.67 bits per heavy atom. The predicted octanol–water partition coefficient (Wildman–Crippen LogP) is 4.63. The summed E-state index contributed by atoms with van der Waals surface area (Å²) in [6.45, 7) is 1.82. The Bertz CT molecular complexity index is 1360. The summed E-state index contributed by atoms with van der Waals surface area (Å²) in [6.07, 6.45) is 2.22. The van der Waals surface area contributed by atoms with Crippen LogP contribution < -0.4 is 20.8 Å². The molecule has 4 rings (SSSR count). The van der Waals surface area contributed by atoms with E-state index in [1.807, 2.05) is 12.1 Å². The van der Waals surface area contributed by atoms with Crippen molar-refractivity contribution in [2.24, 2.45) is 0 Å². The van der Waals surface area contributed by atoms with Gasteiger partial charge in [-0.25, -0.2) is 0 Å². The third-order valence-electron chi connectivity index (χ3n) is 5.03. The summed E-state index contributed by atoms with van der Waals surface area (Å²) in [5, 5.41) is 6.01. The first-order valence-electron chi connectivity index (χ1n) is 10.5. The first kappa shape index (κ1) is 21.8. The van der Waals surface area contributed by atoms with Crippen LogP contribution in [0.2, 0.25) is 0 Å². The van der Waals surface area contributed by atoms with Gasteiger partial charge < -0.3 is 19.8 Å². The van der Waals surface area contributed by atoms with Gasteiger partial charge in [0.25, 0.3) is 11.8 Å². The van der Waals surface area contributed by atoms with Crippen molar-refractivity contribution in [3.05, 3.63) is 100 Å². The maximum absolute atomic E-state index is 12.5. The second-order valence-electron chi connectivity index (χ2n) is 7.37. The number of aryl methyl sites for hydroxylation is 1. The highest BCUT2D eigenvalue weighted by molar-refractivity contribution is 6.04. The molecule has 0 aliphatic carbocycles. The Morgan fingerprint density at radius 1 is 0.909 bits per heavy atom. The molecule has 0 bridgehead atoms. The predicted molar refractivity (Wildman–Crippen MR) is 127 cm³/mol. The molecule has 166 valence electrons. The zero-order valence-corrected chi connectivity index (χ0v) is 18.0. The van der Waals surface area contributed by atoms with Gasteiger partial charge in [-0.3, -0.25) is 14.4 Å². The van der Waals surface area contributed by atoms with Crippen molar-refractivity contribution in [3.8, 4) is 5.75 Å². The zero-order chi connectivity index (χ0) is 23.2. The average Bonchev–Trinajstić information content (AvgIpc) is 2.83. The van der Waals surface area contributed by atoms with Crippen LogP contribution in [0, 0.1) is 0 Å². The molecule has 0 atom stereocenters. The number of anilines is 2. The molecular formula is C26H22N2O5. The minimum atomic E-state index is -0.372. The van der Waals surface area contributed by atoms with E-state index >= 15 is 0 Å². The summed E-state index contributed by atoms with van der Waals surface area (Å²) in [4.78, 5) is 36.6. The molecule has 0 fully saturated rings. The van der Waals surface area contributed by atoms with E-state index in [9.17, 15) is 14.4 Å². The maximum atomic E-state index is 12.5. The number of carbonyl (C=O) groups is 2. The number of fused-ring (bicyclic) bond motifs is 1. The molecule has 7 nitrogen and oxygen atoms in total. The molecule has 0 spiro atoms. The minimum Gasteiger partial charge on any atom is -0.484 e. The van der Waals surface area contributed by atoms with Crippen LogP contribution in [0.5, 0.6) is 5.75 Å². The Balaban J connectivity index is 1.35. The largest absolute Gasteiger partial charge is 0.484 e. The number of rotatable bonds is 7. The molecule has 0 unspecified atom stereocenters. The van der Waals surface area contributed by atoms with Gasteiger partial charge in [0.15, 0.2) is 12.0 Å². The standard InChI is InChI=1S/C26H22N2O5/c1-2-17-6-8-18(9-7-17)26(31)28-20-5-3-4-19(14-20)27-25(30)16-33-21-10-11-22-23(29)12-13-32-24(22)15-21/h3-15H,2,16H2,1H3,(H,27,30)(H,28,31). The van der Waals surface area contributed by atoms with E-state index in [-0.39, 0.29) is 23.9 Å². The van der Waals surface area contributed by atoms with Crippen LogP contribution in [0.4, 0.5) is 11.4 Å². The zero-order valence-electron chi connectivity index (χ0n) is 18.0. The number of ether oxygens (including phenoxy) is 1. The molecule has 1 aromatic heterocycles. The van der Waals surface area contributed by atoms with Gasteiger partial charge in [-0.15, -0.1) is 0 Å². The fourth-order valence-corrected chi connectivity index (χ4v) is 3.27. The lowest BCUT2D eigenvalue weighted by Gasteiger charge is -2.10. The number of amides is 2. The smallest absolute Gasteiger partial charge is 0.262 e. The fraction of sp³-hybridized carbons (Fsp3) is 0.115. The van der Waals surface area contributed by atoms with Crippen LogP contribution in [0.25, 0.3) is 11.0 Å². The first-order valence-corrected chi connectivity index (χ1v) is 10.5. The highest BCUT2D eigenvalue weighted by Gasteiger charge is 2.09. The van der Waals surface area contributed by atoms with E-state index in [4.69, 9.17) is 9.15 Å². The van der Waals surface area contributed by atoms with Crippen molar-refractivity contribution in [3.63, 3.8) is 0 Å². The summed E-state index contributed by atoms with van der Waals surface area (Å²) in [7, 11) is 0. The summed E-state index contributed by atoms with van der Waals surface area (Å²) < 4.78 is 10.8. The number of hydrogen-bond acceptors (Lipinski definition) is 5. The summed E-state index contributed by atoms with van der Waals surface area (Å²) in [5.41, 5.74) is 3.03. The first-order chi connectivity index (χ1) is 16.0. The van der Waals surface area contributed by atoms with Crippen molar-refractivity contribution in [1.29, 1.82) is 0 Å². The molecule has 0 aliphatic rings. The molecular weight excluding hydrogens is 420 g/mol. The average molecular weight is 442 g/mol. The van der Waals surface area contributed by atoms with E-state index in [0.717, 1.165) is 12.0 Å². The Kier molecular flexibility index (Phi) is 6.50. The van der Waals surface area contributed by atoms with Crippen LogP contribution >= 0.6 is 0 Å². The monoisotopic (exact) mass is 442 g/mol. The summed E-state index contributed by atoms with van der Waals surface area (Å²) in [6, 6.07) is 20.4. The van der Waals surface area contributed by atoms with E-state index in [1.54, 1.807) is 54.6 Å². The molecule has 7 heteroatoms. The number of benzene rings is 3. The Hall–Kier alpha value is -4.39. The van der Waals surface area contributed by atoms with Gasteiger partial charge in [-0.1, -0.05) is 25.1 Å². The highest BCUT2D eigenvalue weighted by atomic mass is 16.5. The topological polar surface area (TPSA) is 97.6 Å². The quantitative estimate of drug-likeness (QED) is 0.435. The van der Waals surface area contributed by atoms with E-state index in [2.05, 4.69) is 17.6 Å². The van der Waals surface area contributed by atoms with Gasteiger partial charge in [0.1, 0.15) is 11.3 Å². The summed E-state index contributed by atoms with van der Waals surface area (Å²) >= 11 is 0. The van der Waals surface area contributed by atoms with Gasteiger partial charge in [0.05, 0.1) is 11.6 Å². The molecule has 33 heavy (non-hydrogen) atoms. The third-order valence-corrected chi connectivity index (χ3v) is 5.03. The van der Waals surface area contributed by atoms with Crippen LogP contribution in [0.15, 0.2) is 88.3 Å². The summed E-state index contributed by atoms with van der Waals surface area (Å²) in [5.74, 6) is -0.197. The van der Waals surface area contributed by atoms with Gasteiger partial charge >= 0.3 is 0 Å². The van der Waals surface area contributed by atoms with Gasteiger partial charge in [-0.2, -0.15) is 0 Å². The number of hydrogen-bond donors (Lipinski definition) is 2. The molecule has 0 aliphatic heterocycles. The lowest BCUT2D eigenvalue weighted by molar-refractivity contribution is -0.118. The van der Waals surface area contributed by atoms with Crippen LogP contribution in [-0.2, 0) is 11.2 Å². The van der Waals surface area contributed by atoms with Crippen LogP contribution in [0.1, 0.15) is 22.8 Å². The molecule has 2 amide bonds. The van der Waals surface area contributed by atoms with Crippen molar-refractivity contribution >= 4 is 34.2 Å². The second-order valence-corrected chi connectivity index (χ2v) is 7.37. The van der Waals surface area contributed by atoms with Crippen molar-refractivity contribution < 1.29 is 18.7 Å². The van der Waals surface area contributed by atoms with Gasteiger partial charge in [-0.05, 0) is 54.4 Å². The minimum absolute atomic E-state index is 0.148. The molecule has 0 saturated heterocycles. The maximum Gasteiger partial charge on any atom is 0.262 e. The second kappa shape index (κ2) is 9.82. The molecule has 2 N–H and O–H groups in total. The highest BCUT2D eigenvalue weighted by Crippen LogP contribution is 2.19. The SMILES string of the molecule is CCc1ccc(C(=O)Nc2cccc(NC(=O)COc3ccc4c(=O)ccoc4c3)c2)cc1. The third kappa shape index (κ3) is 5.46. The normalized spacial score (nSPS) is 10.6. The van der Waals surface area contributed by atoms with Crippen LogP contribution in [-0.4, -0.2) is 18.4 Å². The van der Waals surface area contributed by atoms with Gasteiger partial charge in [0.2, 0.25) is 0 Å². The van der Waals surface area contributed by atoms with Gasteiger partial charge in [0, 0.05) is 29.1 Å². The molecule has 1 heterocycles.